The molecular weight excluding hydrogens is 375 g/mol. The van der Waals surface area contributed by atoms with Gasteiger partial charge in [-0.3, -0.25) is 4.79 Å². The number of benzene rings is 1. The van der Waals surface area contributed by atoms with Gasteiger partial charge in [0, 0.05) is 26.7 Å². The monoisotopic (exact) mass is 390 g/mol. The molecule has 0 aliphatic carbocycles. The van der Waals surface area contributed by atoms with Gasteiger partial charge in [-0.1, -0.05) is 11.6 Å². The van der Waals surface area contributed by atoms with Crippen molar-refractivity contribution < 1.29 is 4.79 Å². The maximum absolute atomic E-state index is 12.3. The van der Waals surface area contributed by atoms with Gasteiger partial charge >= 0.3 is 0 Å². The molecule has 1 aromatic rings. The predicted molar refractivity (Wildman–Crippen MR) is 84.6 cm³/mol. The van der Waals surface area contributed by atoms with Gasteiger partial charge in [0.2, 0.25) is 0 Å². The zero-order valence-electron chi connectivity index (χ0n) is 10.5. The highest BCUT2D eigenvalue weighted by Gasteiger charge is 2.34. The summed E-state index contributed by atoms with van der Waals surface area (Å²) in [6.07, 6.45) is 4.57. The lowest BCUT2D eigenvalue weighted by molar-refractivity contribution is 0.0923. The maximum Gasteiger partial charge on any atom is 0.252 e. The zero-order valence-corrected chi connectivity index (χ0v) is 13.4. The fraction of sp³-hybridized carbons (Fsp3) is 0.500. The van der Waals surface area contributed by atoms with E-state index in [1.165, 1.54) is 12.8 Å². The Labute approximate surface area is 131 Å². The fourth-order valence-electron chi connectivity index (χ4n) is 3.11. The third-order valence-corrected chi connectivity index (χ3v) is 5.16. The summed E-state index contributed by atoms with van der Waals surface area (Å²) < 4.78 is 0.941. The molecule has 0 radical (unpaired) electrons. The molecule has 19 heavy (non-hydrogen) atoms. The van der Waals surface area contributed by atoms with Gasteiger partial charge in [0.15, 0.2) is 0 Å². The molecule has 2 unspecified atom stereocenters. The van der Waals surface area contributed by atoms with Gasteiger partial charge in [-0.25, -0.2) is 0 Å². The summed E-state index contributed by atoms with van der Waals surface area (Å²) in [6.45, 7) is 0. The van der Waals surface area contributed by atoms with E-state index < -0.39 is 0 Å². The third kappa shape index (κ3) is 3.06. The van der Waals surface area contributed by atoms with E-state index in [-0.39, 0.29) is 5.91 Å². The first-order chi connectivity index (χ1) is 9.11. The Morgan fingerprint density at radius 3 is 2.68 bits per heavy atom. The molecular formula is C14H16ClIN2O. The number of rotatable bonds is 2. The molecule has 0 aromatic heterocycles. The lowest BCUT2D eigenvalue weighted by Crippen LogP contribution is -2.48. The van der Waals surface area contributed by atoms with Gasteiger partial charge in [-0.2, -0.15) is 0 Å². The molecule has 2 fully saturated rings. The zero-order chi connectivity index (χ0) is 13.4. The van der Waals surface area contributed by atoms with Crippen LogP contribution < -0.4 is 10.6 Å². The Bertz CT molecular complexity index is 496. The average Bonchev–Trinajstić information content (AvgIpc) is 2.71. The molecule has 0 saturated carbocycles. The van der Waals surface area contributed by atoms with E-state index in [0.717, 1.165) is 16.4 Å². The second kappa shape index (κ2) is 5.58. The van der Waals surface area contributed by atoms with Crippen molar-refractivity contribution in [2.24, 2.45) is 0 Å². The second-order valence-electron chi connectivity index (χ2n) is 5.40. The van der Waals surface area contributed by atoms with Crippen LogP contribution in [0.25, 0.3) is 0 Å². The number of amides is 1. The van der Waals surface area contributed by atoms with Crippen LogP contribution in [-0.2, 0) is 0 Å². The van der Waals surface area contributed by atoms with Crippen LogP contribution in [0.1, 0.15) is 36.0 Å². The highest BCUT2D eigenvalue weighted by atomic mass is 127. The smallest absolute Gasteiger partial charge is 0.252 e. The molecule has 2 heterocycles. The standard InChI is InChI=1S/C14H16ClIN2O/c15-8-1-4-13(16)12(5-8)14(19)18-11-6-9-2-3-10(7-11)17-9/h1,4-5,9-11,17H,2-3,6-7H2,(H,18,19). The van der Waals surface area contributed by atoms with Crippen molar-refractivity contribution in [1.82, 2.24) is 10.6 Å². The fourth-order valence-corrected chi connectivity index (χ4v) is 3.86. The molecule has 3 nitrogen and oxygen atoms in total. The van der Waals surface area contributed by atoms with Gasteiger partial charge in [-0.05, 0) is 66.5 Å². The Kier molecular flexibility index (Phi) is 4.01. The molecule has 2 atom stereocenters. The molecule has 2 aliphatic rings. The van der Waals surface area contributed by atoms with Gasteiger partial charge in [-0.15, -0.1) is 0 Å². The van der Waals surface area contributed by atoms with Gasteiger partial charge < -0.3 is 10.6 Å². The summed E-state index contributed by atoms with van der Waals surface area (Å²) in [6, 6.07) is 6.90. The van der Waals surface area contributed by atoms with E-state index >= 15 is 0 Å². The molecule has 1 amide bonds. The normalized spacial score (nSPS) is 29.3. The number of hydrogen-bond donors (Lipinski definition) is 2. The van der Waals surface area contributed by atoms with E-state index in [1.807, 2.05) is 12.1 Å². The molecule has 2 N–H and O–H groups in total. The Hall–Kier alpha value is -0.330. The average molecular weight is 391 g/mol. The van der Waals surface area contributed by atoms with Crippen molar-refractivity contribution >= 4 is 40.1 Å². The number of hydrogen-bond acceptors (Lipinski definition) is 2. The van der Waals surface area contributed by atoms with Crippen molar-refractivity contribution in [3.8, 4) is 0 Å². The quantitative estimate of drug-likeness (QED) is 0.762. The highest BCUT2D eigenvalue weighted by Crippen LogP contribution is 2.27. The van der Waals surface area contributed by atoms with Crippen molar-refractivity contribution in [2.75, 3.05) is 0 Å². The first-order valence-electron chi connectivity index (χ1n) is 6.64. The second-order valence-corrected chi connectivity index (χ2v) is 7.00. The topological polar surface area (TPSA) is 41.1 Å². The lowest BCUT2D eigenvalue weighted by atomic mass is 9.99. The van der Waals surface area contributed by atoms with E-state index in [0.29, 0.717) is 28.7 Å². The van der Waals surface area contributed by atoms with Crippen LogP contribution >= 0.6 is 34.2 Å². The largest absolute Gasteiger partial charge is 0.349 e. The molecule has 2 saturated heterocycles. The van der Waals surface area contributed by atoms with Crippen LogP contribution in [0.15, 0.2) is 18.2 Å². The van der Waals surface area contributed by atoms with Crippen molar-refractivity contribution in [3.63, 3.8) is 0 Å². The first-order valence-corrected chi connectivity index (χ1v) is 8.09. The molecule has 5 heteroatoms. The molecule has 2 bridgehead atoms. The number of carbonyl (C=O) groups is 1. The summed E-state index contributed by atoms with van der Waals surface area (Å²) in [5.74, 6) is -0.00167. The van der Waals surface area contributed by atoms with Gasteiger partial charge in [0.25, 0.3) is 5.91 Å². The van der Waals surface area contributed by atoms with Crippen LogP contribution in [0, 0.1) is 3.57 Å². The Morgan fingerprint density at radius 1 is 1.32 bits per heavy atom. The predicted octanol–water partition coefficient (Wildman–Crippen LogP) is 2.96. The van der Waals surface area contributed by atoms with Crippen LogP contribution in [0.5, 0.6) is 0 Å². The summed E-state index contributed by atoms with van der Waals surface area (Å²) in [5, 5.41) is 7.35. The number of fused-ring (bicyclic) bond motifs is 2. The summed E-state index contributed by atoms with van der Waals surface area (Å²) >= 11 is 8.14. The molecule has 1 aromatic carbocycles. The first kappa shape index (κ1) is 13.6. The Balaban J connectivity index is 1.69. The summed E-state index contributed by atoms with van der Waals surface area (Å²) in [5.41, 5.74) is 0.680. The Morgan fingerprint density at radius 2 is 2.00 bits per heavy atom. The summed E-state index contributed by atoms with van der Waals surface area (Å²) in [7, 11) is 0. The van der Waals surface area contributed by atoms with E-state index in [9.17, 15) is 4.79 Å². The molecule has 0 spiro atoms. The minimum absolute atomic E-state index is 0.00167. The van der Waals surface area contributed by atoms with Crippen LogP contribution in [0.3, 0.4) is 0 Å². The minimum atomic E-state index is -0.00167. The maximum atomic E-state index is 12.3. The van der Waals surface area contributed by atoms with Crippen LogP contribution in [-0.4, -0.2) is 24.0 Å². The van der Waals surface area contributed by atoms with E-state index in [1.54, 1.807) is 6.07 Å². The minimum Gasteiger partial charge on any atom is -0.349 e. The van der Waals surface area contributed by atoms with E-state index in [4.69, 9.17) is 11.6 Å². The number of halogens is 2. The van der Waals surface area contributed by atoms with Crippen LogP contribution in [0.2, 0.25) is 5.02 Å². The van der Waals surface area contributed by atoms with Crippen molar-refractivity contribution in [2.45, 2.75) is 43.8 Å². The number of carbonyl (C=O) groups excluding carboxylic acids is 1. The number of piperidine rings is 1. The van der Waals surface area contributed by atoms with Crippen molar-refractivity contribution in [1.29, 1.82) is 0 Å². The molecule has 102 valence electrons. The third-order valence-electron chi connectivity index (χ3n) is 3.98. The number of nitrogens with one attached hydrogen (secondary N) is 2. The van der Waals surface area contributed by atoms with Crippen molar-refractivity contribution in [3.05, 3.63) is 32.4 Å². The SMILES string of the molecule is O=C(NC1CC2CCC(C1)N2)c1cc(Cl)ccc1I. The van der Waals surface area contributed by atoms with E-state index in [2.05, 4.69) is 33.2 Å². The highest BCUT2D eigenvalue weighted by molar-refractivity contribution is 14.1. The summed E-state index contributed by atoms with van der Waals surface area (Å²) in [4.78, 5) is 12.3. The van der Waals surface area contributed by atoms with Crippen LogP contribution in [0.4, 0.5) is 0 Å². The molecule has 2 aliphatic heterocycles. The molecule has 3 rings (SSSR count). The van der Waals surface area contributed by atoms with Gasteiger partial charge in [0.05, 0.1) is 5.56 Å². The van der Waals surface area contributed by atoms with Gasteiger partial charge in [0.1, 0.15) is 0 Å². The lowest BCUT2D eigenvalue weighted by Gasteiger charge is -2.29.